The highest BCUT2D eigenvalue weighted by Gasteiger charge is 2.77. The number of aliphatic hydroxyl groups is 1. The van der Waals surface area contributed by atoms with Crippen LogP contribution < -0.4 is 15.0 Å². The Balaban J connectivity index is 1.76. The first-order valence-electron chi connectivity index (χ1n) is 13.4. The van der Waals surface area contributed by atoms with Crippen molar-refractivity contribution >= 4 is 17.6 Å². The van der Waals surface area contributed by atoms with E-state index in [-0.39, 0.29) is 18.5 Å². The maximum Gasteiger partial charge on any atom is 0.303 e. The highest BCUT2D eigenvalue weighted by Crippen LogP contribution is 2.67. The van der Waals surface area contributed by atoms with Crippen molar-refractivity contribution in [1.82, 2.24) is 10.2 Å². The molecule has 1 aromatic carbocycles. The minimum Gasteiger partial charge on any atom is -0.497 e. The van der Waals surface area contributed by atoms with Crippen LogP contribution in [-0.4, -0.2) is 79.5 Å². The summed E-state index contributed by atoms with van der Waals surface area (Å²) < 4.78 is 11.7. The summed E-state index contributed by atoms with van der Waals surface area (Å²) in [4.78, 5) is 30.3. The van der Waals surface area contributed by atoms with Gasteiger partial charge in [0, 0.05) is 54.6 Å². The number of hydrogen-bond acceptors (Lipinski definition) is 7. The molecule has 2 fully saturated rings. The van der Waals surface area contributed by atoms with E-state index in [1.54, 1.807) is 7.11 Å². The van der Waals surface area contributed by atoms with E-state index in [9.17, 15) is 14.7 Å². The molecule has 0 bridgehead atoms. The molecule has 2 N–H and O–H groups in total. The van der Waals surface area contributed by atoms with Crippen molar-refractivity contribution in [3.8, 4) is 5.75 Å². The number of ether oxygens (including phenoxy) is 2. The van der Waals surface area contributed by atoms with Crippen LogP contribution in [0.2, 0.25) is 0 Å². The number of methoxy groups -OCH3 is 1. The first-order valence-corrected chi connectivity index (χ1v) is 13.4. The fraction of sp³-hybridized carbons (Fsp3) is 0.655. The zero-order chi connectivity index (χ0) is 27.0. The number of benzene rings is 1. The third-order valence-corrected chi connectivity index (χ3v) is 9.43. The smallest absolute Gasteiger partial charge is 0.303 e. The second-order valence-electron chi connectivity index (χ2n) is 12.4. The summed E-state index contributed by atoms with van der Waals surface area (Å²) in [6.45, 7) is 10.7. The molecular weight excluding hydrogens is 470 g/mol. The number of nitrogens with zero attached hydrogens (tertiary/aromatic N) is 2. The molecule has 2 unspecified atom stereocenters. The van der Waals surface area contributed by atoms with E-state index in [1.165, 1.54) is 12.5 Å². The molecule has 0 aromatic heterocycles. The Hall–Kier alpha value is -2.58. The number of esters is 1. The molecule has 1 aromatic rings. The van der Waals surface area contributed by atoms with Gasteiger partial charge in [0.15, 0.2) is 0 Å². The van der Waals surface area contributed by atoms with Crippen LogP contribution in [0.1, 0.15) is 53.0 Å². The molecule has 5 rings (SSSR count). The van der Waals surface area contributed by atoms with Crippen molar-refractivity contribution in [3.63, 3.8) is 0 Å². The molecule has 0 radical (unpaired) electrons. The Morgan fingerprint density at radius 1 is 1.24 bits per heavy atom. The fourth-order valence-corrected chi connectivity index (χ4v) is 8.13. The Bertz CT molecular complexity index is 1140. The van der Waals surface area contributed by atoms with Gasteiger partial charge in [-0.3, -0.25) is 14.5 Å². The molecule has 4 aliphatic rings. The van der Waals surface area contributed by atoms with Crippen LogP contribution in [-0.2, 0) is 19.7 Å². The molecule has 1 spiro atoms. The average Bonchev–Trinajstić information content (AvgIpc) is 3.36. The SMILES string of the molecule is CC[C@]12C=CCN3CC[C@@]4(c5ccc(OC)cc5N(C)[C@H]4C(O)(CNC(=O)C(C)(C)C)[C@@H]1OC(C)=O)C32. The molecule has 3 aliphatic heterocycles. The van der Waals surface area contributed by atoms with E-state index >= 15 is 0 Å². The average molecular weight is 512 g/mol. The number of rotatable bonds is 5. The predicted octanol–water partition coefficient (Wildman–Crippen LogP) is 2.63. The highest BCUT2D eigenvalue weighted by molar-refractivity contribution is 5.81. The van der Waals surface area contributed by atoms with Crippen LogP contribution in [0.3, 0.4) is 0 Å². The largest absolute Gasteiger partial charge is 0.497 e. The normalized spacial score (nSPS) is 36.0. The van der Waals surface area contributed by atoms with Crippen molar-refractivity contribution < 1.29 is 24.2 Å². The Morgan fingerprint density at radius 2 is 1.97 bits per heavy atom. The Labute approximate surface area is 220 Å². The van der Waals surface area contributed by atoms with Crippen LogP contribution >= 0.6 is 0 Å². The first-order chi connectivity index (χ1) is 17.4. The quantitative estimate of drug-likeness (QED) is 0.464. The number of nitrogens with one attached hydrogen (secondary N) is 1. The van der Waals surface area contributed by atoms with Gasteiger partial charge in [-0.15, -0.1) is 0 Å². The Morgan fingerprint density at radius 3 is 2.59 bits per heavy atom. The summed E-state index contributed by atoms with van der Waals surface area (Å²) in [6.07, 6.45) is 5.03. The van der Waals surface area contributed by atoms with Gasteiger partial charge in [0.2, 0.25) is 5.91 Å². The molecule has 37 heavy (non-hydrogen) atoms. The van der Waals surface area contributed by atoms with Crippen LogP contribution in [0, 0.1) is 10.8 Å². The maximum absolute atomic E-state index is 13.1. The molecule has 1 amide bonds. The van der Waals surface area contributed by atoms with Gasteiger partial charge in [0.25, 0.3) is 0 Å². The van der Waals surface area contributed by atoms with Gasteiger partial charge >= 0.3 is 5.97 Å². The fourth-order valence-electron chi connectivity index (χ4n) is 8.13. The number of amides is 1. The van der Waals surface area contributed by atoms with Crippen molar-refractivity contribution in [2.45, 2.75) is 76.7 Å². The maximum atomic E-state index is 13.1. The van der Waals surface area contributed by atoms with Crippen LogP contribution in [0.4, 0.5) is 5.69 Å². The summed E-state index contributed by atoms with van der Waals surface area (Å²) >= 11 is 0. The summed E-state index contributed by atoms with van der Waals surface area (Å²) in [6, 6.07) is 5.78. The number of fused-ring (bicyclic) bond motifs is 1. The number of anilines is 1. The molecule has 202 valence electrons. The van der Waals surface area contributed by atoms with E-state index in [0.717, 1.165) is 30.9 Å². The second kappa shape index (κ2) is 8.46. The molecule has 8 heteroatoms. The third kappa shape index (κ3) is 3.41. The lowest BCUT2D eigenvalue weighted by Crippen LogP contribution is -2.81. The van der Waals surface area contributed by atoms with E-state index in [1.807, 2.05) is 40.0 Å². The number of carbonyl (C=O) groups excluding carboxylic acids is 2. The summed E-state index contributed by atoms with van der Waals surface area (Å²) in [5.74, 6) is 0.160. The number of carbonyl (C=O) groups is 2. The molecule has 1 aliphatic carbocycles. The Kier molecular flexibility index (Phi) is 5.96. The van der Waals surface area contributed by atoms with Gasteiger partial charge in [-0.05, 0) is 31.0 Å². The van der Waals surface area contributed by atoms with E-state index < -0.39 is 40.0 Å². The topological polar surface area (TPSA) is 91.3 Å². The lowest BCUT2D eigenvalue weighted by molar-refractivity contribution is -0.217. The number of likely N-dealkylation sites (N-methyl/N-ethyl adjacent to an activating group) is 1. The van der Waals surface area contributed by atoms with Crippen molar-refractivity contribution in [1.29, 1.82) is 0 Å². The van der Waals surface area contributed by atoms with Crippen LogP contribution in [0.25, 0.3) is 0 Å². The van der Waals surface area contributed by atoms with Crippen molar-refractivity contribution in [3.05, 3.63) is 35.9 Å². The number of hydrogen-bond donors (Lipinski definition) is 2. The van der Waals surface area contributed by atoms with E-state index in [4.69, 9.17) is 9.47 Å². The molecule has 1 saturated heterocycles. The van der Waals surface area contributed by atoms with Gasteiger partial charge in [-0.2, -0.15) is 0 Å². The lowest BCUT2D eigenvalue weighted by atomic mass is 9.47. The lowest BCUT2D eigenvalue weighted by Gasteiger charge is -2.64. The van der Waals surface area contributed by atoms with Gasteiger partial charge in [0.1, 0.15) is 17.5 Å². The van der Waals surface area contributed by atoms with E-state index in [2.05, 4.69) is 40.3 Å². The van der Waals surface area contributed by atoms with E-state index in [0.29, 0.717) is 6.42 Å². The molecule has 8 nitrogen and oxygen atoms in total. The third-order valence-electron chi connectivity index (χ3n) is 9.43. The van der Waals surface area contributed by atoms with Crippen molar-refractivity contribution in [2.75, 3.05) is 38.7 Å². The molecular formula is C29H41N3O5. The van der Waals surface area contributed by atoms with Crippen molar-refractivity contribution in [2.24, 2.45) is 10.8 Å². The minimum absolute atomic E-state index is 0.0226. The van der Waals surface area contributed by atoms with Gasteiger partial charge in [-0.25, -0.2) is 0 Å². The van der Waals surface area contributed by atoms with Gasteiger partial charge in [-0.1, -0.05) is 45.9 Å². The zero-order valence-corrected chi connectivity index (χ0v) is 23.1. The van der Waals surface area contributed by atoms with Gasteiger partial charge in [0.05, 0.1) is 19.7 Å². The van der Waals surface area contributed by atoms with Gasteiger partial charge < -0.3 is 24.8 Å². The molecule has 1 saturated carbocycles. The van der Waals surface area contributed by atoms with Crippen LogP contribution in [0.15, 0.2) is 30.4 Å². The zero-order valence-electron chi connectivity index (χ0n) is 23.1. The molecule has 3 heterocycles. The first kappa shape index (κ1) is 26.0. The summed E-state index contributed by atoms with van der Waals surface area (Å²) in [5.41, 5.74) is -1.04. The second-order valence-corrected chi connectivity index (χ2v) is 12.4. The minimum atomic E-state index is -1.56. The summed E-state index contributed by atoms with van der Waals surface area (Å²) in [5, 5.41) is 16.0. The highest BCUT2D eigenvalue weighted by atomic mass is 16.6. The predicted molar refractivity (Wildman–Crippen MR) is 142 cm³/mol. The summed E-state index contributed by atoms with van der Waals surface area (Å²) in [7, 11) is 3.65. The monoisotopic (exact) mass is 511 g/mol. The molecule has 6 atom stereocenters. The van der Waals surface area contributed by atoms with Crippen LogP contribution in [0.5, 0.6) is 5.75 Å². The standard InChI is InChI=1S/C29H41N3O5/c1-8-27-12-9-14-32-15-13-28(22(27)32)20-11-10-19(36-7)16-21(20)31(6)23(28)29(35,24(27)37-18(2)33)17-30-25(34)26(3,4)5/h9-12,16,22-24,35H,8,13-15,17H2,1-7H3,(H,30,34)/t22?,23-,24-,27-,28-,29?/m1/s1.